The normalized spacial score (nSPS) is 12.1. The summed E-state index contributed by atoms with van der Waals surface area (Å²) in [6.07, 6.45) is 0.860. The van der Waals surface area contributed by atoms with Gasteiger partial charge in [-0.25, -0.2) is 4.79 Å². The molecule has 21 heavy (non-hydrogen) atoms. The first-order chi connectivity index (χ1) is 10.0. The molecule has 2 aromatic carbocycles. The highest BCUT2D eigenvalue weighted by atomic mass is 16.4. The number of fused-ring (bicyclic) bond motifs is 1. The zero-order valence-corrected chi connectivity index (χ0v) is 11.8. The molecule has 2 rings (SSSR count). The third kappa shape index (κ3) is 3.58. The van der Waals surface area contributed by atoms with Crippen LogP contribution in [0.25, 0.3) is 10.8 Å². The zero-order chi connectivity index (χ0) is 15.4. The van der Waals surface area contributed by atoms with Crippen LogP contribution >= 0.6 is 0 Å². The van der Waals surface area contributed by atoms with Crippen LogP contribution in [0.15, 0.2) is 36.4 Å². The van der Waals surface area contributed by atoms with Crippen molar-refractivity contribution < 1.29 is 14.7 Å². The van der Waals surface area contributed by atoms with Crippen molar-refractivity contribution in [1.29, 1.82) is 0 Å². The van der Waals surface area contributed by atoms with E-state index in [1.54, 1.807) is 12.1 Å². The monoisotopic (exact) mass is 286 g/mol. The zero-order valence-electron chi connectivity index (χ0n) is 11.8. The van der Waals surface area contributed by atoms with Crippen LogP contribution in [0.2, 0.25) is 0 Å². The minimum Gasteiger partial charge on any atom is -0.478 e. The Morgan fingerprint density at radius 2 is 1.86 bits per heavy atom. The average Bonchev–Trinajstić information content (AvgIpc) is 2.46. The lowest BCUT2D eigenvalue weighted by atomic mass is 10.0. The molecule has 0 fully saturated rings. The van der Waals surface area contributed by atoms with Crippen molar-refractivity contribution in [3.8, 4) is 0 Å². The molecule has 5 heteroatoms. The summed E-state index contributed by atoms with van der Waals surface area (Å²) in [6, 6.07) is 10.4. The molecular weight excluding hydrogens is 268 g/mol. The number of aromatic carboxylic acids is 1. The second-order valence-electron chi connectivity index (χ2n) is 4.97. The van der Waals surface area contributed by atoms with Gasteiger partial charge in [-0.2, -0.15) is 0 Å². The molecule has 0 aliphatic heterocycles. The van der Waals surface area contributed by atoms with Crippen molar-refractivity contribution in [2.75, 3.05) is 5.32 Å². The SMILES string of the molecule is CCC(N)CC(=O)Nc1cc2ccccc2cc1C(=O)O. The fraction of sp³-hybridized carbons (Fsp3) is 0.250. The second-order valence-corrected chi connectivity index (χ2v) is 4.97. The summed E-state index contributed by atoms with van der Waals surface area (Å²) >= 11 is 0. The number of carbonyl (C=O) groups is 2. The standard InChI is InChI=1S/C16H18N2O3/c1-2-12(17)9-15(19)18-14-8-11-6-4-3-5-10(11)7-13(14)16(20)21/h3-8,12H,2,9,17H2,1H3,(H,18,19)(H,20,21). The molecule has 2 aromatic rings. The number of amides is 1. The third-order valence-electron chi connectivity index (χ3n) is 3.36. The molecule has 0 aromatic heterocycles. The number of anilines is 1. The average molecular weight is 286 g/mol. The number of nitrogens with two attached hydrogens (primary N) is 1. The van der Waals surface area contributed by atoms with Crippen LogP contribution in [0, 0.1) is 0 Å². The van der Waals surface area contributed by atoms with E-state index in [0.29, 0.717) is 12.1 Å². The molecule has 1 amide bonds. The van der Waals surface area contributed by atoms with Crippen LogP contribution in [0.4, 0.5) is 5.69 Å². The van der Waals surface area contributed by atoms with Gasteiger partial charge in [0.2, 0.25) is 5.91 Å². The summed E-state index contributed by atoms with van der Waals surface area (Å²) < 4.78 is 0. The Morgan fingerprint density at radius 3 is 2.43 bits per heavy atom. The summed E-state index contributed by atoms with van der Waals surface area (Å²) in [5.41, 5.74) is 6.12. The number of carbonyl (C=O) groups excluding carboxylic acids is 1. The highest BCUT2D eigenvalue weighted by Crippen LogP contribution is 2.24. The molecule has 0 aliphatic carbocycles. The van der Waals surface area contributed by atoms with Gasteiger partial charge in [0.25, 0.3) is 0 Å². The highest BCUT2D eigenvalue weighted by molar-refractivity contribution is 6.05. The summed E-state index contributed by atoms with van der Waals surface area (Å²) in [4.78, 5) is 23.3. The Labute approximate surface area is 122 Å². The molecule has 0 bridgehead atoms. The quantitative estimate of drug-likeness (QED) is 0.787. The fourth-order valence-electron chi connectivity index (χ4n) is 2.10. The van der Waals surface area contributed by atoms with Crippen molar-refractivity contribution in [1.82, 2.24) is 0 Å². The van der Waals surface area contributed by atoms with Gasteiger partial charge in [-0.3, -0.25) is 4.79 Å². The van der Waals surface area contributed by atoms with Gasteiger partial charge in [-0.1, -0.05) is 31.2 Å². The number of hydrogen-bond donors (Lipinski definition) is 3. The lowest BCUT2D eigenvalue weighted by Crippen LogP contribution is -2.26. The van der Waals surface area contributed by atoms with Crippen molar-refractivity contribution in [3.63, 3.8) is 0 Å². The van der Waals surface area contributed by atoms with Crippen LogP contribution in [-0.4, -0.2) is 23.0 Å². The number of carboxylic acid groups (broad SMARTS) is 1. The predicted octanol–water partition coefficient (Wildman–Crippen LogP) is 2.60. The molecule has 0 aliphatic rings. The molecule has 0 saturated heterocycles. The minimum absolute atomic E-state index is 0.0760. The molecule has 4 N–H and O–H groups in total. The van der Waals surface area contributed by atoms with Crippen molar-refractivity contribution in [3.05, 3.63) is 42.0 Å². The Hall–Kier alpha value is -2.40. The first-order valence-electron chi connectivity index (χ1n) is 6.82. The van der Waals surface area contributed by atoms with Crippen LogP contribution < -0.4 is 11.1 Å². The van der Waals surface area contributed by atoms with Crippen molar-refractivity contribution >= 4 is 28.3 Å². The molecule has 0 heterocycles. The van der Waals surface area contributed by atoms with E-state index in [0.717, 1.165) is 10.8 Å². The first-order valence-corrected chi connectivity index (χ1v) is 6.82. The van der Waals surface area contributed by atoms with Gasteiger partial charge in [0.15, 0.2) is 0 Å². The van der Waals surface area contributed by atoms with E-state index in [1.165, 1.54) is 0 Å². The predicted molar refractivity (Wildman–Crippen MR) is 82.4 cm³/mol. The fourth-order valence-corrected chi connectivity index (χ4v) is 2.10. The van der Waals surface area contributed by atoms with Crippen LogP contribution in [-0.2, 0) is 4.79 Å². The molecule has 0 saturated carbocycles. The number of carboxylic acids is 1. The lowest BCUT2D eigenvalue weighted by Gasteiger charge is -2.12. The Balaban J connectivity index is 2.35. The minimum atomic E-state index is -1.07. The smallest absolute Gasteiger partial charge is 0.337 e. The van der Waals surface area contributed by atoms with Gasteiger partial charge in [0.05, 0.1) is 11.3 Å². The summed E-state index contributed by atoms with van der Waals surface area (Å²) in [5, 5.41) is 13.6. The number of benzene rings is 2. The molecular formula is C16H18N2O3. The van der Waals surface area contributed by atoms with Crippen LogP contribution in [0.5, 0.6) is 0 Å². The summed E-state index contributed by atoms with van der Waals surface area (Å²) in [5.74, 6) is -1.35. The lowest BCUT2D eigenvalue weighted by molar-refractivity contribution is -0.116. The van der Waals surface area contributed by atoms with E-state index in [-0.39, 0.29) is 23.9 Å². The van der Waals surface area contributed by atoms with Gasteiger partial charge < -0.3 is 16.2 Å². The Kier molecular flexibility index (Phi) is 4.55. The molecule has 1 unspecified atom stereocenters. The maximum absolute atomic E-state index is 11.9. The molecule has 0 radical (unpaired) electrons. The van der Waals surface area contributed by atoms with E-state index in [4.69, 9.17) is 5.73 Å². The van der Waals surface area contributed by atoms with E-state index in [1.807, 2.05) is 31.2 Å². The van der Waals surface area contributed by atoms with Gasteiger partial charge >= 0.3 is 5.97 Å². The number of rotatable bonds is 5. The largest absolute Gasteiger partial charge is 0.478 e. The molecule has 110 valence electrons. The highest BCUT2D eigenvalue weighted by Gasteiger charge is 2.15. The molecule has 0 spiro atoms. The van der Waals surface area contributed by atoms with E-state index >= 15 is 0 Å². The van der Waals surface area contributed by atoms with Gasteiger partial charge in [0.1, 0.15) is 0 Å². The third-order valence-corrected chi connectivity index (χ3v) is 3.36. The van der Waals surface area contributed by atoms with Crippen molar-refractivity contribution in [2.24, 2.45) is 5.73 Å². The first kappa shape index (κ1) is 15.0. The topological polar surface area (TPSA) is 92.4 Å². The van der Waals surface area contributed by atoms with E-state index in [9.17, 15) is 14.7 Å². The number of nitrogens with one attached hydrogen (secondary N) is 1. The Morgan fingerprint density at radius 1 is 1.24 bits per heavy atom. The maximum Gasteiger partial charge on any atom is 0.337 e. The van der Waals surface area contributed by atoms with E-state index < -0.39 is 5.97 Å². The molecule has 5 nitrogen and oxygen atoms in total. The molecule has 1 atom stereocenters. The summed E-state index contributed by atoms with van der Waals surface area (Å²) in [6.45, 7) is 1.90. The van der Waals surface area contributed by atoms with Gasteiger partial charge in [-0.05, 0) is 29.3 Å². The Bertz CT molecular complexity index is 682. The van der Waals surface area contributed by atoms with E-state index in [2.05, 4.69) is 5.32 Å². The van der Waals surface area contributed by atoms with Crippen LogP contribution in [0.1, 0.15) is 30.1 Å². The van der Waals surface area contributed by atoms with Crippen LogP contribution in [0.3, 0.4) is 0 Å². The number of hydrogen-bond acceptors (Lipinski definition) is 3. The second kappa shape index (κ2) is 6.37. The van der Waals surface area contributed by atoms with Crippen molar-refractivity contribution in [2.45, 2.75) is 25.8 Å². The maximum atomic E-state index is 11.9. The van der Waals surface area contributed by atoms with Gasteiger partial charge in [-0.15, -0.1) is 0 Å². The summed E-state index contributed by atoms with van der Waals surface area (Å²) in [7, 11) is 0. The van der Waals surface area contributed by atoms with Gasteiger partial charge in [0, 0.05) is 12.5 Å².